The number of aryl methyl sites for hydroxylation is 8. The molecule has 8 aromatic carbocycles. The van der Waals surface area contributed by atoms with Gasteiger partial charge in [0.2, 0.25) is 6.29 Å². The van der Waals surface area contributed by atoms with Crippen LogP contribution in [0.15, 0.2) is 194 Å². The molecule has 0 radical (unpaired) electrons. The molecule has 4 saturated carbocycles. The maximum absolute atomic E-state index is 7.81. The summed E-state index contributed by atoms with van der Waals surface area (Å²) in [6.45, 7) is 20.2. The Morgan fingerprint density at radius 2 is 0.870 bits per heavy atom. The van der Waals surface area contributed by atoms with Gasteiger partial charge in [0.05, 0.1) is 22.9 Å². The Morgan fingerprint density at radius 1 is 0.430 bits per heavy atom. The maximum Gasteiger partial charge on any atom is -0.358 e. The number of rotatable bonds is 18. The summed E-state index contributed by atoms with van der Waals surface area (Å²) in [4.78, 5) is 0. The molecule has 100 heavy (non-hydrogen) atoms. The molecule has 2 heterocycles. The van der Waals surface area contributed by atoms with E-state index < -0.39 is 53.3 Å². The van der Waals surface area contributed by atoms with Gasteiger partial charge in [-0.25, -0.2) is 0 Å². The summed E-state index contributed by atoms with van der Waals surface area (Å²) in [6.07, 6.45) is 23.2. The molecule has 533 valence electrons. The first-order valence-electron chi connectivity index (χ1n) is 37.2. The summed E-state index contributed by atoms with van der Waals surface area (Å²) in [7, 11) is -2.94. The van der Waals surface area contributed by atoms with E-state index in [1.807, 2.05) is 60.7 Å². The summed E-state index contributed by atoms with van der Waals surface area (Å²) in [6, 6.07) is 70.0. The number of para-hydroxylation sites is 1. The van der Waals surface area contributed by atoms with Crippen molar-refractivity contribution in [3.63, 3.8) is 0 Å². The van der Waals surface area contributed by atoms with Crippen molar-refractivity contribution in [3.05, 3.63) is 252 Å². The van der Waals surface area contributed by atoms with Crippen molar-refractivity contribution in [1.29, 1.82) is 0 Å². The molecule has 0 bridgehead atoms. The first-order chi connectivity index (χ1) is 48.3. The molecular formula is C89H113FeO6P4. The van der Waals surface area contributed by atoms with Crippen molar-refractivity contribution >= 4 is 69.4 Å². The number of hydrogen-bond donors (Lipinski definition) is 0. The zero-order valence-corrected chi connectivity index (χ0v) is 66.2. The van der Waals surface area contributed by atoms with Crippen LogP contribution in [-0.4, -0.2) is 65.4 Å². The van der Waals surface area contributed by atoms with Crippen LogP contribution in [0.5, 0.6) is 5.75 Å². The van der Waals surface area contributed by atoms with E-state index in [2.05, 4.69) is 217 Å². The molecule has 0 amide bonds. The number of hydrogen-bond acceptors (Lipinski definition) is 6. The van der Waals surface area contributed by atoms with Crippen molar-refractivity contribution in [2.75, 3.05) is 6.61 Å². The van der Waals surface area contributed by atoms with Crippen LogP contribution in [-0.2, 0) is 38.8 Å². The molecule has 6 fully saturated rings. The molecule has 6 nitrogen and oxygen atoms in total. The topological polar surface area (TPSA) is 55.4 Å². The van der Waals surface area contributed by atoms with Crippen LogP contribution in [0.2, 0.25) is 0 Å². The Bertz CT molecular complexity index is 3570. The standard InChI is InChI=1S/C51H54O6P2.C31H44P2.C5H10.CH3.CH2.Fe/c1-32-19-20-46(39(8)24-32)59(44-29-37(6)23-38(7)30-44)56-48-47-45(31-52-50(55-47)40-15-11-9-12-16-40)54-51(53-41-17-13-10-14-18-41)49(48)57-58(42-25-33(2)21-34(3)26-42)43-27-35(4)22-36(5)28-43;1-25(32(26-15-6-2-7-16-26)27-17-8-3-9-18-27)30-23-14-24-31(30)33(28-19-10-4-11-20-28)29-21-12-5-13-22-29;1-2-4-5-3-1;;;/h9-30,45,47-51H,31H2,1-8H3;4-5,10-13,19-22,25-27,30-31H,2-3,6-9,14-18,23-24H2,1H3;1-5H2;1H3;1H2;/q;;;-1;;+1/t;25-,30?,31?;;;;/m.1..../s1. The van der Waals surface area contributed by atoms with Crippen LogP contribution < -0.4 is 36.6 Å². The molecule has 10 atom stereocenters. The first kappa shape index (κ1) is 78.1. The summed E-state index contributed by atoms with van der Waals surface area (Å²) in [5.41, 5.74) is 17.4. The second kappa shape index (κ2) is 39.0. The van der Waals surface area contributed by atoms with Gasteiger partial charge in [0.15, 0.2) is 12.4 Å². The largest absolute Gasteiger partial charge is 0.358 e. The monoisotopic (exact) mass is 1460 g/mol. The van der Waals surface area contributed by atoms with Crippen LogP contribution in [0, 0.1) is 68.7 Å². The van der Waals surface area contributed by atoms with Gasteiger partial charge in [0, 0.05) is 26.8 Å². The fourth-order valence-corrected chi connectivity index (χ4v) is 29.3. The zero-order chi connectivity index (χ0) is 69.2. The second-order valence-corrected chi connectivity index (χ2v) is 38.2. The van der Waals surface area contributed by atoms with Gasteiger partial charge in [0.25, 0.3) is 0 Å². The average Bonchev–Trinajstić information content (AvgIpc) is 1.13. The van der Waals surface area contributed by atoms with Crippen molar-refractivity contribution in [2.24, 2.45) is 5.92 Å². The van der Waals surface area contributed by atoms with Crippen molar-refractivity contribution in [3.8, 4) is 5.75 Å². The molecule has 9 unspecified atom stereocenters. The van der Waals surface area contributed by atoms with Gasteiger partial charge >= 0.3 is 21.0 Å². The predicted octanol–water partition coefficient (Wildman–Crippen LogP) is 21.4. The molecule has 0 spiro atoms. The number of ether oxygens (including phenoxy) is 4. The molecule has 4 aliphatic carbocycles. The Hall–Kier alpha value is -4.53. The number of fused-ring (bicyclic) bond motifs is 1. The Kier molecular flexibility index (Phi) is 30.4. The van der Waals surface area contributed by atoms with Gasteiger partial charge in [-0.3, -0.25) is 0 Å². The molecule has 14 rings (SSSR count). The van der Waals surface area contributed by atoms with E-state index in [1.54, 1.807) is 36.3 Å². The van der Waals surface area contributed by atoms with E-state index in [-0.39, 0.29) is 23.3 Å². The summed E-state index contributed by atoms with van der Waals surface area (Å²) >= 11 is 3.00. The zero-order valence-electron chi connectivity index (χ0n) is 61.6. The van der Waals surface area contributed by atoms with Crippen molar-refractivity contribution in [2.45, 2.75) is 238 Å². The Morgan fingerprint density at radius 3 is 1.35 bits per heavy atom. The molecular weight excluding hydrogens is 1340 g/mol. The van der Waals surface area contributed by atoms with Gasteiger partial charge in [-0.2, -0.15) is 0 Å². The molecule has 6 aliphatic rings. The van der Waals surface area contributed by atoms with E-state index in [1.165, 1.54) is 134 Å². The molecule has 0 aromatic heterocycles. The Labute approximate surface area is 616 Å². The maximum atomic E-state index is 7.81. The van der Waals surface area contributed by atoms with Gasteiger partial charge in [-0.15, -0.1) is 0 Å². The van der Waals surface area contributed by atoms with E-state index in [4.69, 9.17) is 28.0 Å². The van der Waals surface area contributed by atoms with Crippen LogP contribution >= 0.6 is 32.1 Å². The van der Waals surface area contributed by atoms with Gasteiger partial charge < -0.3 is 35.4 Å². The minimum Gasteiger partial charge on any atom is -0.358 e. The van der Waals surface area contributed by atoms with Crippen molar-refractivity contribution in [1.82, 2.24) is 0 Å². The van der Waals surface area contributed by atoms with Gasteiger partial charge in [-0.1, -0.05) is 276 Å². The van der Waals surface area contributed by atoms with Crippen LogP contribution in [0.4, 0.5) is 0 Å². The molecule has 11 heteroatoms. The molecule has 2 aliphatic heterocycles. The fraction of sp³-hybridized carbons (Fsp3) is 0.438. The molecule has 0 N–H and O–H groups in total. The summed E-state index contributed by atoms with van der Waals surface area (Å²) in [5, 5.41) is 7.73. The summed E-state index contributed by atoms with van der Waals surface area (Å²) in [5.74, 6) is 1.61. The van der Waals surface area contributed by atoms with Crippen LogP contribution in [0.25, 0.3) is 0 Å². The third-order valence-corrected chi connectivity index (χ3v) is 32.0. The number of benzene rings is 8. The van der Waals surface area contributed by atoms with Gasteiger partial charge in [-0.05, 0) is 195 Å². The van der Waals surface area contributed by atoms with E-state index in [9.17, 15) is 0 Å². The normalized spacial score (nSPS) is 23.0. The quantitative estimate of drug-likeness (QED) is 0.0485. The summed E-state index contributed by atoms with van der Waals surface area (Å²) < 4.78 is 42.9. The van der Waals surface area contributed by atoms with E-state index in [0.29, 0.717) is 12.4 Å². The van der Waals surface area contributed by atoms with E-state index in [0.717, 1.165) is 55.3 Å². The molecule has 2 saturated heterocycles. The SMILES string of the molecule is C1CCCC1.C[C@H](C1CCCC1P(c1ccccc1)c1ccccc1)P(C1CCCCC1)C1CCCCC1.Cc1cc(C)cc(P(OC2C(Oc3ccccc3)OC3COC(c4ccccc4)OC3C2OP(c2cc(C)cc(C)c2)c2ccc(C)cc2C)c2cc(C)cc(C)c2)c1.[CH2]=[Fe+].[CH3-]. The third-order valence-electron chi connectivity index (χ3n) is 21.0. The first-order valence-corrected chi connectivity index (χ1v) is 43.4. The van der Waals surface area contributed by atoms with Crippen LogP contribution in [0.1, 0.15) is 179 Å². The van der Waals surface area contributed by atoms with Crippen LogP contribution in [0.3, 0.4) is 0 Å². The molecule has 8 aromatic rings. The minimum atomic E-state index is -1.42. The van der Waals surface area contributed by atoms with Crippen molar-refractivity contribution < 1.29 is 43.6 Å². The van der Waals surface area contributed by atoms with E-state index >= 15 is 0 Å². The predicted molar refractivity (Wildman–Crippen MR) is 428 cm³/mol. The fourth-order valence-electron chi connectivity index (χ4n) is 16.7. The Balaban J connectivity index is 0.000000220. The average molecular weight is 1460 g/mol. The third kappa shape index (κ3) is 20.7. The van der Waals surface area contributed by atoms with Gasteiger partial charge in [0.1, 0.15) is 24.1 Å². The minimum absolute atomic E-state index is 0. The smallest absolute Gasteiger partial charge is 0.358 e. The second-order valence-electron chi connectivity index (χ2n) is 28.9.